The average molecular weight is 280 g/mol. The Morgan fingerprint density at radius 1 is 1.55 bits per heavy atom. The number of amides is 1. The van der Waals surface area contributed by atoms with Crippen LogP contribution in [0.1, 0.15) is 21.7 Å². The summed E-state index contributed by atoms with van der Waals surface area (Å²) in [7, 11) is 0. The summed E-state index contributed by atoms with van der Waals surface area (Å²) in [6.07, 6.45) is 0. The van der Waals surface area contributed by atoms with Crippen molar-refractivity contribution < 1.29 is 14.1 Å². The number of carbonyl (C=O) groups excluding carboxylic acids is 1. The van der Waals surface area contributed by atoms with E-state index in [0.29, 0.717) is 0 Å². The van der Waals surface area contributed by atoms with Crippen LogP contribution in [0.4, 0.5) is 10.1 Å². The number of aromatic nitrogens is 4. The lowest BCUT2D eigenvalue weighted by molar-refractivity contribution is -0.385. The molecule has 0 bridgehead atoms. The van der Waals surface area contributed by atoms with E-state index in [4.69, 9.17) is 0 Å². The molecule has 0 aliphatic rings. The summed E-state index contributed by atoms with van der Waals surface area (Å²) in [6.45, 7) is 1.27. The highest BCUT2D eigenvalue weighted by atomic mass is 19.1. The molecule has 2 rings (SSSR count). The van der Waals surface area contributed by atoms with E-state index in [-0.39, 0.29) is 23.6 Å². The van der Waals surface area contributed by atoms with Crippen LogP contribution in [0.2, 0.25) is 0 Å². The zero-order chi connectivity index (χ0) is 14.7. The molecule has 0 atom stereocenters. The number of nitro benzene ring substituents is 1. The third-order valence-corrected chi connectivity index (χ3v) is 2.49. The molecule has 2 N–H and O–H groups in total. The molecule has 1 heterocycles. The smallest absolute Gasteiger partial charge is 0.270 e. The fourth-order valence-corrected chi connectivity index (χ4v) is 1.53. The maximum Gasteiger partial charge on any atom is 0.270 e. The third-order valence-electron chi connectivity index (χ3n) is 2.49. The van der Waals surface area contributed by atoms with Gasteiger partial charge in [-0.1, -0.05) is 5.21 Å². The topological polar surface area (TPSA) is 127 Å². The van der Waals surface area contributed by atoms with Gasteiger partial charge in [-0.05, 0) is 12.5 Å². The van der Waals surface area contributed by atoms with Crippen LogP contribution in [0.3, 0.4) is 0 Å². The number of aryl methyl sites for hydroxylation is 1. The van der Waals surface area contributed by atoms with Gasteiger partial charge in [0, 0.05) is 12.1 Å². The molecule has 1 aromatic heterocycles. The Hall–Kier alpha value is -2.91. The number of benzene rings is 1. The largest absolute Gasteiger partial charge is 0.344 e. The summed E-state index contributed by atoms with van der Waals surface area (Å²) >= 11 is 0. The summed E-state index contributed by atoms with van der Waals surface area (Å²) in [5.74, 6) is -1.39. The van der Waals surface area contributed by atoms with Crippen molar-refractivity contribution in [3.8, 4) is 0 Å². The number of hydrogen-bond donors (Lipinski definition) is 2. The van der Waals surface area contributed by atoms with E-state index in [2.05, 4.69) is 25.9 Å². The summed E-state index contributed by atoms with van der Waals surface area (Å²) in [5.41, 5.74) is -0.738. The third kappa shape index (κ3) is 2.74. The van der Waals surface area contributed by atoms with E-state index in [1.807, 2.05) is 0 Å². The number of nitrogens with one attached hydrogen (secondary N) is 2. The number of tetrazole rings is 1. The highest BCUT2D eigenvalue weighted by Gasteiger charge is 2.19. The van der Waals surface area contributed by atoms with Crippen LogP contribution in [0.25, 0.3) is 0 Å². The van der Waals surface area contributed by atoms with Gasteiger partial charge in [0.2, 0.25) is 0 Å². The van der Waals surface area contributed by atoms with Crippen molar-refractivity contribution >= 4 is 11.6 Å². The van der Waals surface area contributed by atoms with Crippen molar-refractivity contribution in [1.29, 1.82) is 0 Å². The number of H-pyrrole nitrogens is 1. The predicted octanol–water partition coefficient (Wildman–Crippen LogP) is 0.485. The molecule has 0 aliphatic heterocycles. The molecule has 20 heavy (non-hydrogen) atoms. The molecule has 0 spiro atoms. The van der Waals surface area contributed by atoms with Gasteiger partial charge in [0.15, 0.2) is 5.82 Å². The molecule has 104 valence electrons. The van der Waals surface area contributed by atoms with Crippen molar-refractivity contribution in [1.82, 2.24) is 25.9 Å². The Balaban J connectivity index is 2.22. The lowest BCUT2D eigenvalue weighted by atomic mass is 10.1. The van der Waals surface area contributed by atoms with E-state index in [0.717, 1.165) is 12.1 Å². The molecule has 0 unspecified atom stereocenters. The van der Waals surface area contributed by atoms with E-state index in [1.165, 1.54) is 6.92 Å². The lowest BCUT2D eigenvalue weighted by Crippen LogP contribution is -2.25. The minimum Gasteiger partial charge on any atom is -0.344 e. The van der Waals surface area contributed by atoms with Gasteiger partial charge in [0.25, 0.3) is 11.6 Å². The first-order valence-electron chi connectivity index (χ1n) is 5.44. The number of carbonyl (C=O) groups is 1. The van der Waals surface area contributed by atoms with E-state index in [9.17, 15) is 19.3 Å². The van der Waals surface area contributed by atoms with Crippen LogP contribution in [-0.2, 0) is 6.54 Å². The second-order valence-corrected chi connectivity index (χ2v) is 3.89. The zero-order valence-electron chi connectivity index (χ0n) is 10.3. The minimum absolute atomic E-state index is 0.0175. The van der Waals surface area contributed by atoms with Crippen LogP contribution in [0, 0.1) is 22.9 Å². The molecule has 9 nitrogen and oxygen atoms in total. The van der Waals surface area contributed by atoms with Crippen LogP contribution < -0.4 is 5.32 Å². The maximum absolute atomic E-state index is 13.8. The summed E-state index contributed by atoms with van der Waals surface area (Å²) in [6, 6.07) is 1.94. The molecule has 0 saturated heterocycles. The first kappa shape index (κ1) is 13.5. The zero-order valence-corrected chi connectivity index (χ0v) is 10.3. The van der Waals surface area contributed by atoms with Crippen LogP contribution in [0.15, 0.2) is 12.1 Å². The molecule has 0 fully saturated rings. The fraction of sp³-hybridized carbons (Fsp3) is 0.200. The minimum atomic E-state index is -0.804. The van der Waals surface area contributed by atoms with Gasteiger partial charge in [0.1, 0.15) is 5.82 Å². The fourth-order valence-electron chi connectivity index (χ4n) is 1.53. The Morgan fingerprint density at radius 3 is 2.90 bits per heavy atom. The quantitative estimate of drug-likeness (QED) is 0.619. The molecule has 10 heteroatoms. The van der Waals surface area contributed by atoms with E-state index in [1.54, 1.807) is 0 Å². The Bertz CT molecular complexity index is 657. The maximum atomic E-state index is 13.8. The van der Waals surface area contributed by atoms with Gasteiger partial charge in [0.05, 0.1) is 17.0 Å². The van der Waals surface area contributed by atoms with Gasteiger partial charge >= 0.3 is 0 Å². The van der Waals surface area contributed by atoms with Gasteiger partial charge in [-0.15, -0.1) is 10.2 Å². The van der Waals surface area contributed by atoms with Gasteiger partial charge < -0.3 is 5.32 Å². The highest BCUT2D eigenvalue weighted by Crippen LogP contribution is 2.20. The van der Waals surface area contributed by atoms with E-state index < -0.39 is 22.2 Å². The Labute approximate surface area is 111 Å². The molecule has 1 amide bonds. The Morgan fingerprint density at radius 2 is 2.30 bits per heavy atom. The first-order valence-corrected chi connectivity index (χ1v) is 5.44. The van der Waals surface area contributed by atoms with Gasteiger partial charge in [-0.2, -0.15) is 5.21 Å². The lowest BCUT2D eigenvalue weighted by Gasteiger charge is -2.06. The van der Waals surface area contributed by atoms with Crippen molar-refractivity contribution in [2.75, 3.05) is 0 Å². The van der Waals surface area contributed by atoms with Crippen molar-refractivity contribution in [3.05, 3.63) is 45.0 Å². The van der Waals surface area contributed by atoms with Crippen molar-refractivity contribution in [2.45, 2.75) is 13.5 Å². The molecule has 0 radical (unpaired) electrons. The number of nitrogens with zero attached hydrogens (tertiary/aromatic N) is 4. The van der Waals surface area contributed by atoms with Crippen molar-refractivity contribution in [2.24, 2.45) is 0 Å². The second-order valence-electron chi connectivity index (χ2n) is 3.89. The molecule has 0 saturated carbocycles. The summed E-state index contributed by atoms with van der Waals surface area (Å²) < 4.78 is 13.8. The molecule has 2 aromatic rings. The average Bonchev–Trinajstić information content (AvgIpc) is 2.92. The number of nitro groups is 1. The highest BCUT2D eigenvalue weighted by molar-refractivity contribution is 5.95. The number of non-ortho nitro benzene ring substituents is 1. The number of hydrogen-bond acceptors (Lipinski definition) is 6. The first-order chi connectivity index (χ1) is 9.49. The van der Waals surface area contributed by atoms with E-state index >= 15 is 0 Å². The molecular weight excluding hydrogens is 271 g/mol. The molecular formula is C10H9FN6O3. The van der Waals surface area contributed by atoms with Crippen LogP contribution >= 0.6 is 0 Å². The van der Waals surface area contributed by atoms with Gasteiger partial charge in [-0.25, -0.2) is 4.39 Å². The standard InChI is InChI=1S/C10H9FN6O3/c1-5-2-6(17(19)20)3-7(9(5)11)10(18)12-4-8-13-15-16-14-8/h2-3H,4H2,1H3,(H,12,18)(H,13,14,15,16). The second kappa shape index (κ2) is 5.38. The molecule has 1 aromatic carbocycles. The van der Waals surface area contributed by atoms with Crippen molar-refractivity contribution in [3.63, 3.8) is 0 Å². The monoisotopic (exact) mass is 280 g/mol. The molecule has 0 aliphatic carbocycles. The summed E-state index contributed by atoms with van der Waals surface area (Å²) in [5, 5.41) is 25.7. The van der Waals surface area contributed by atoms with Crippen LogP contribution in [-0.4, -0.2) is 31.5 Å². The summed E-state index contributed by atoms with van der Waals surface area (Å²) in [4.78, 5) is 21.8. The van der Waals surface area contributed by atoms with Crippen LogP contribution in [0.5, 0.6) is 0 Å². The Kier molecular flexibility index (Phi) is 3.64. The van der Waals surface area contributed by atoms with Gasteiger partial charge in [-0.3, -0.25) is 14.9 Å². The number of aromatic amines is 1. The number of rotatable bonds is 4. The SMILES string of the molecule is Cc1cc([N+](=O)[O-])cc(C(=O)NCc2nn[nH]n2)c1F. The number of halogens is 1. The normalized spacial score (nSPS) is 10.3. The predicted molar refractivity (Wildman–Crippen MR) is 63.1 cm³/mol.